The summed E-state index contributed by atoms with van der Waals surface area (Å²) in [4.78, 5) is 18.1. The smallest absolute Gasteiger partial charge is 0.225 e. The summed E-state index contributed by atoms with van der Waals surface area (Å²) in [5.41, 5.74) is 0.421. The standard InChI is InChI=1S/C19H34N6/c1-5-20-17(21-10-7-6-9-19(2,3)4)24-13-15-25(16-14-24)18-22-11-8-12-23-18/h8,11-12H,5-7,9-10,13-16H2,1-4H3,(H,20,21). The molecule has 0 amide bonds. The van der Waals surface area contributed by atoms with Crippen LogP contribution in [0, 0.1) is 5.41 Å². The van der Waals surface area contributed by atoms with Crippen molar-refractivity contribution in [2.24, 2.45) is 10.4 Å². The van der Waals surface area contributed by atoms with E-state index in [1.165, 1.54) is 12.8 Å². The van der Waals surface area contributed by atoms with Gasteiger partial charge in [0.1, 0.15) is 0 Å². The SMILES string of the molecule is CCNC(=NCCCCC(C)(C)C)N1CCN(c2ncccn2)CC1. The average Bonchev–Trinajstić information content (AvgIpc) is 2.60. The number of rotatable bonds is 6. The molecule has 0 aromatic carbocycles. The summed E-state index contributed by atoms with van der Waals surface area (Å²) < 4.78 is 0. The van der Waals surface area contributed by atoms with Crippen molar-refractivity contribution in [1.82, 2.24) is 20.2 Å². The lowest BCUT2D eigenvalue weighted by Gasteiger charge is -2.36. The van der Waals surface area contributed by atoms with Gasteiger partial charge in [-0.15, -0.1) is 0 Å². The number of hydrogen-bond donors (Lipinski definition) is 1. The maximum Gasteiger partial charge on any atom is 0.225 e. The molecule has 1 aromatic rings. The minimum Gasteiger partial charge on any atom is -0.357 e. The third-order valence-electron chi connectivity index (χ3n) is 4.35. The van der Waals surface area contributed by atoms with Crippen molar-refractivity contribution in [2.45, 2.75) is 47.0 Å². The summed E-state index contributed by atoms with van der Waals surface area (Å²) in [5, 5.41) is 3.44. The third-order valence-corrected chi connectivity index (χ3v) is 4.35. The molecule has 1 aromatic heterocycles. The third kappa shape index (κ3) is 6.88. The van der Waals surface area contributed by atoms with Crippen LogP contribution in [0.4, 0.5) is 5.95 Å². The van der Waals surface area contributed by atoms with Gasteiger partial charge >= 0.3 is 0 Å². The van der Waals surface area contributed by atoms with Crippen LogP contribution in [0.3, 0.4) is 0 Å². The molecular formula is C19H34N6. The van der Waals surface area contributed by atoms with Gasteiger partial charge in [-0.2, -0.15) is 0 Å². The second-order valence-electron chi connectivity index (χ2n) is 7.78. The van der Waals surface area contributed by atoms with E-state index in [0.717, 1.165) is 57.6 Å². The number of guanidine groups is 1. The molecule has 6 heteroatoms. The van der Waals surface area contributed by atoms with E-state index in [1.54, 1.807) is 12.4 Å². The number of nitrogens with zero attached hydrogens (tertiary/aromatic N) is 5. The van der Waals surface area contributed by atoms with Gasteiger partial charge < -0.3 is 15.1 Å². The molecule has 1 fully saturated rings. The minimum absolute atomic E-state index is 0.421. The lowest BCUT2D eigenvalue weighted by molar-refractivity contribution is 0.359. The van der Waals surface area contributed by atoms with Gasteiger partial charge in [0.2, 0.25) is 5.95 Å². The van der Waals surface area contributed by atoms with Crippen LogP contribution in [-0.2, 0) is 0 Å². The summed E-state index contributed by atoms with van der Waals surface area (Å²) in [6, 6.07) is 1.86. The first-order valence-corrected chi connectivity index (χ1v) is 9.55. The van der Waals surface area contributed by atoms with E-state index in [2.05, 4.69) is 52.8 Å². The Morgan fingerprint density at radius 2 is 1.80 bits per heavy atom. The summed E-state index contributed by atoms with van der Waals surface area (Å²) in [6.45, 7) is 14.6. The van der Waals surface area contributed by atoms with E-state index in [1.807, 2.05) is 6.07 Å². The van der Waals surface area contributed by atoms with Crippen LogP contribution in [0.5, 0.6) is 0 Å². The quantitative estimate of drug-likeness (QED) is 0.488. The van der Waals surface area contributed by atoms with Crippen molar-refractivity contribution < 1.29 is 0 Å². The number of aliphatic imine (C=N–C) groups is 1. The van der Waals surface area contributed by atoms with Crippen molar-refractivity contribution in [1.29, 1.82) is 0 Å². The Hall–Kier alpha value is -1.85. The van der Waals surface area contributed by atoms with Crippen molar-refractivity contribution in [3.8, 4) is 0 Å². The van der Waals surface area contributed by atoms with Crippen LogP contribution >= 0.6 is 0 Å². The molecule has 0 atom stereocenters. The van der Waals surface area contributed by atoms with Gasteiger partial charge in [-0.25, -0.2) is 9.97 Å². The fourth-order valence-electron chi connectivity index (χ4n) is 2.95. The summed E-state index contributed by atoms with van der Waals surface area (Å²) >= 11 is 0. The van der Waals surface area contributed by atoms with Gasteiger partial charge in [0, 0.05) is 51.7 Å². The van der Waals surface area contributed by atoms with Crippen LogP contribution in [0.1, 0.15) is 47.0 Å². The number of unbranched alkanes of at least 4 members (excludes halogenated alkanes) is 1. The topological polar surface area (TPSA) is 56.7 Å². The van der Waals surface area contributed by atoms with Gasteiger partial charge in [-0.3, -0.25) is 4.99 Å². The first kappa shape index (κ1) is 19.5. The first-order chi connectivity index (χ1) is 12.0. The number of anilines is 1. The Morgan fingerprint density at radius 3 is 2.40 bits per heavy atom. The van der Waals surface area contributed by atoms with Crippen molar-refractivity contribution in [3.05, 3.63) is 18.5 Å². The molecule has 1 N–H and O–H groups in total. The van der Waals surface area contributed by atoms with E-state index < -0.39 is 0 Å². The zero-order chi connectivity index (χ0) is 18.1. The average molecular weight is 347 g/mol. The van der Waals surface area contributed by atoms with E-state index in [-0.39, 0.29) is 0 Å². The highest BCUT2D eigenvalue weighted by atomic mass is 15.4. The molecule has 0 radical (unpaired) electrons. The van der Waals surface area contributed by atoms with Crippen LogP contribution in [0.25, 0.3) is 0 Å². The van der Waals surface area contributed by atoms with Gasteiger partial charge in [0.25, 0.3) is 0 Å². The molecule has 2 heterocycles. The summed E-state index contributed by atoms with van der Waals surface area (Å²) in [5.74, 6) is 1.87. The molecule has 1 saturated heterocycles. The Bertz CT molecular complexity index is 514. The molecule has 6 nitrogen and oxygen atoms in total. The maximum atomic E-state index is 4.84. The summed E-state index contributed by atoms with van der Waals surface area (Å²) in [7, 11) is 0. The molecule has 2 rings (SSSR count). The van der Waals surface area contributed by atoms with Crippen molar-refractivity contribution >= 4 is 11.9 Å². The molecule has 140 valence electrons. The molecule has 0 aliphatic carbocycles. The monoisotopic (exact) mass is 346 g/mol. The normalized spacial score (nSPS) is 16.2. The van der Waals surface area contributed by atoms with Gasteiger partial charge in [-0.05, 0) is 31.2 Å². The Kier molecular flexibility index (Phi) is 7.47. The molecular weight excluding hydrogens is 312 g/mol. The number of nitrogens with one attached hydrogen (secondary N) is 1. The van der Waals surface area contributed by atoms with E-state index in [9.17, 15) is 0 Å². The van der Waals surface area contributed by atoms with Gasteiger partial charge in [0.15, 0.2) is 5.96 Å². The van der Waals surface area contributed by atoms with Crippen molar-refractivity contribution in [2.75, 3.05) is 44.2 Å². The minimum atomic E-state index is 0.421. The largest absolute Gasteiger partial charge is 0.357 e. The summed E-state index contributed by atoms with van der Waals surface area (Å²) in [6.07, 6.45) is 7.26. The molecule has 1 aliphatic heterocycles. The predicted molar refractivity (Wildman–Crippen MR) is 105 cm³/mol. The first-order valence-electron chi connectivity index (χ1n) is 9.55. The predicted octanol–water partition coefficient (Wildman–Crippen LogP) is 2.78. The highest BCUT2D eigenvalue weighted by Gasteiger charge is 2.20. The van der Waals surface area contributed by atoms with Crippen molar-refractivity contribution in [3.63, 3.8) is 0 Å². The number of hydrogen-bond acceptors (Lipinski definition) is 4. The molecule has 0 saturated carbocycles. The Labute approximate surface area is 152 Å². The van der Waals surface area contributed by atoms with Gasteiger partial charge in [-0.1, -0.05) is 27.2 Å². The van der Waals surface area contributed by atoms with Gasteiger partial charge in [0.05, 0.1) is 0 Å². The highest BCUT2D eigenvalue weighted by Crippen LogP contribution is 2.21. The van der Waals surface area contributed by atoms with E-state index >= 15 is 0 Å². The van der Waals surface area contributed by atoms with Crippen LogP contribution in [-0.4, -0.2) is 60.1 Å². The molecule has 0 bridgehead atoms. The highest BCUT2D eigenvalue weighted by molar-refractivity contribution is 5.80. The zero-order valence-electron chi connectivity index (χ0n) is 16.3. The lowest BCUT2D eigenvalue weighted by Crippen LogP contribution is -2.53. The number of aromatic nitrogens is 2. The Balaban J connectivity index is 1.81. The number of piperazine rings is 1. The fourth-order valence-corrected chi connectivity index (χ4v) is 2.95. The maximum absolute atomic E-state index is 4.84. The molecule has 25 heavy (non-hydrogen) atoms. The van der Waals surface area contributed by atoms with Crippen LogP contribution in [0.15, 0.2) is 23.5 Å². The lowest BCUT2D eigenvalue weighted by atomic mass is 9.90. The Morgan fingerprint density at radius 1 is 1.12 bits per heavy atom. The van der Waals surface area contributed by atoms with E-state index in [4.69, 9.17) is 4.99 Å². The van der Waals surface area contributed by atoms with E-state index in [0.29, 0.717) is 5.41 Å². The molecule has 1 aliphatic rings. The second-order valence-corrected chi connectivity index (χ2v) is 7.78. The second kappa shape index (κ2) is 9.59. The van der Waals surface area contributed by atoms with Crippen LogP contribution in [0.2, 0.25) is 0 Å². The molecule has 0 unspecified atom stereocenters. The molecule has 0 spiro atoms. The zero-order valence-corrected chi connectivity index (χ0v) is 16.3. The fraction of sp³-hybridized carbons (Fsp3) is 0.737. The van der Waals surface area contributed by atoms with Crippen LogP contribution < -0.4 is 10.2 Å².